The van der Waals surface area contributed by atoms with Gasteiger partial charge in [-0.05, 0) is 66.5 Å². The maximum atomic E-state index is 13.5. The molecule has 160 valence electrons. The minimum atomic E-state index is -0.801. The van der Waals surface area contributed by atoms with Crippen molar-refractivity contribution in [3.8, 4) is 0 Å². The summed E-state index contributed by atoms with van der Waals surface area (Å²) in [5.74, 6) is -0.639. The highest BCUT2D eigenvalue weighted by atomic mass is 16.4. The first-order valence-electron chi connectivity index (χ1n) is 11.2. The van der Waals surface area contributed by atoms with Crippen LogP contribution in [0.15, 0.2) is 48.7 Å². The van der Waals surface area contributed by atoms with Gasteiger partial charge in [-0.15, -0.1) is 0 Å². The van der Waals surface area contributed by atoms with Crippen LogP contribution in [0, 0.1) is 0 Å². The number of carbonyl (C=O) groups excluding carboxylic acids is 1. The van der Waals surface area contributed by atoms with Crippen molar-refractivity contribution in [2.45, 2.75) is 56.9 Å². The van der Waals surface area contributed by atoms with Crippen molar-refractivity contribution in [1.82, 2.24) is 9.30 Å². The third-order valence-electron chi connectivity index (χ3n) is 7.22. The van der Waals surface area contributed by atoms with Crippen LogP contribution in [-0.4, -0.2) is 39.4 Å². The second-order valence-corrected chi connectivity index (χ2v) is 8.92. The number of carbonyl (C=O) groups is 2. The molecule has 0 bridgehead atoms. The molecule has 3 aromatic rings. The third-order valence-corrected chi connectivity index (χ3v) is 7.22. The average Bonchev–Trinajstić information content (AvgIpc) is 3.10. The van der Waals surface area contributed by atoms with E-state index >= 15 is 0 Å². The van der Waals surface area contributed by atoms with Crippen LogP contribution in [0.25, 0.3) is 5.52 Å². The number of fused-ring (bicyclic) bond motifs is 4. The summed E-state index contributed by atoms with van der Waals surface area (Å²) in [7, 11) is 1.95. The number of hydrogen-bond donors (Lipinski definition) is 1. The fourth-order valence-corrected chi connectivity index (χ4v) is 5.67. The predicted molar refractivity (Wildman–Crippen MR) is 119 cm³/mol. The minimum Gasteiger partial charge on any atom is -0.481 e. The number of nitrogens with zero attached hydrogens (tertiary/aromatic N) is 2. The molecule has 5 heteroatoms. The summed E-state index contributed by atoms with van der Waals surface area (Å²) >= 11 is 0. The Kier molecular flexibility index (Phi) is 5.05. The van der Waals surface area contributed by atoms with Gasteiger partial charge >= 0.3 is 5.97 Å². The number of likely N-dealkylation sites (N-methyl/N-ethyl adjacent to an activating group) is 1. The van der Waals surface area contributed by atoms with Gasteiger partial charge in [-0.3, -0.25) is 9.59 Å². The number of amides is 1. The van der Waals surface area contributed by atoms with E-state index in [4.69, 9.17) is 0 Å². The van der Waals surface area contributed by atoms with Gasteiger partial charge in [0.15, 0.2) is 0 Å². The molecule has 2 aromatic heterocycles. The molecule has 1 N–H and O–H groups in total. The molecular formula is C26H28N2O3. The summed E-state index contributed by atoms with van der Waals surface area (Å²) in [6, 6.07) is 14.4. The molecular weight excluding hydrogens is 388 g/mol. The Labute approximate surface area is 182 Å². The van der Waals surface area contributed by atoms with E-state index in [1.807, 2.05) is 42.4 Å². The van der Waals surface area contributed by atoms with Crippen molar-refractivity contribution in [2.75, 3.05) is 7.05 Å². The number of carboxylic acids is 1. The molecule has 2 atom stereocenters. The maximum Gasteiger partial charge on any atom is 0.307 e. The zero-order chi connectivity index (χ0) is 21.5. The SMILES string of the molecule is CN(C(=O)C1CCCc2ccccc21)[C@@H]1CCc2c(CC(=O)O)c3ccccn3c2C1. The summed E-state index contributed by atoms with van der Waals surface area (Å²) in [6.07, 6.45) is 7.52. The first-order valence-corrected chi connectivity index (χ1v) is 11.2. The Morgan fingerprint density at radius 3 is 2.74 bits per heavy atom. The maximum absolute atomic E-state index is 13.5. The molecule has 0 aliphatic heterocycles. The van der Waals surface area contributed by atoms with Crippen LogP contribution in [0.2, 0.25) is 0 Å². The molecule has 0 fully saturated rings. The van der Waals surface area contributed by atoms with Crippen molar-refractivity contribution in [3.05, 3.63) is 76.6 Å². The topological polar surface area (TPSA) is 62.0 Å². The van der Waals surface area contributed by atoms with Crippen molar-refractivity contribution >= 4 is 17.4 Å². The highest BCUT2D eigenvalue weighted by Crippen LogP contribution is 2.36. The largest absolute Gasteiger partial charge is 0.481 e. The Hall–Kier alpha value is -3.08. The first-order chi connectivity index (χ1) is 15.0. The Balaban J connectivity index is 1.44. The summed E-state index contributed by atoms with van der Waals surface area (Å²) in [6.45, 7) is 0. The lowest BCUT2D eigenvalue weighted by molar-refractivity contribution is -0.136. The number of aromatic nitrogens is 1. The van der Waals surface area contributed by atoms with Gasteiger partial charge in [0.05, 0.1) is 12.3 Å². The normalized spacial score (nSPS) is 20.2. The fraction of sp³-hybridized carbons (Fsp3) is 0.385. The van der Waals surface area contributed by atoms with Crippen LogP contribution < -0.4 is 0 Å². The van der Waals surface area contributed by atoms with Gasteiger partial charge in [-0.2, -0.15) is 0 Å². The van der Waals surface area contributed by atoms with Gasteiger partial charge in [-0.1, -0.05) is 30.3 Å². The van der Waals surface area contributed by atoms with Gasteiger partial charge < -0.3 is 14.4 Å². The summed E-state index contributed by atoms with van der Waals surface area (Å²) in [5.41, 5.74) is 6.73. The van der Waals surface area contributed by atoms with E-state index in [1.54, 1.807) is 0 Å². The number of carboxylic acid groups (broad SMARTS) is 1. The summed E-state index contributed by atoms with van der Waals surface area (Å²) in [5, 5.41) is 9.42. The number of aliphatic carboxylic acids is 1. The van der Waals surface area contributed by atoms with Crippen molar-refractivity contribution in [3.63, 3.8) is 0 Å². The lowest BCUT2D eigenvalue weighted by Gasteiger charge is -2.35. The van der Waals surface area contributed by atoms with Gasteiger partial charge in [0.1, 0.15) is 0 Å². The molecule has 1 unspecified atom stereocenters. The number of aryl methyl sites for hydroxylation is 1. The van der Waals surface area contributed by atoms with Crippen LogP contribution in [0.4, 0.5) is 0 Å². The molecule has 5 rings (SSSR count). The van der Waals surface area contributed by atoms with E-state index in [1.165, 1.54) is 11.1 Å². The Morgan fingerprint density at radius 1 is 1.10 bits per heavy atom. The summed E-state index contributed by atoms with van der Waals surface area (Å²) in [4.78, 5) is 27.0. The highest BCUT2D eigenvalue weighted by Gasteiger charge is 2.34. The van der Waals surface area contributed by atoms with Crippen molar-refractivity contribution < 1.29 is 14.7 Å². The average molecular weight is 417 g/mol. The number of benzene rings is 1. The molecule has 2 heterocycles. The van der Waals surface area contributed by atoms with E-state index in [0.29, 0.717) is 0 Å². The zero-order valence-electron chi connectivity index (χ0n) is 17.9. The van der Waals surface area contributed by atoms with Gasteiger partial charge in [0, 0.05) is 36.9 Å². The standard InChI is InChI=1S/C26H28N2O3/c1-27(26(31)21-10-6-8-17-7-2-3-9-19(17)21)18-12-13-20-22(16-25(29)30)23-11-4-5-14-28(23)24(20)15-18/h2-5,7,9,11,14,18,21H,6,8,10,12-13,15-16H2,1H3,(H,29,30)/t18-,21?/m1/s1. The monoisotopic (exact) mass is 416 g/mol. The van der Waals surface area contributed by atoms with Gasteiger partial charge in [-0.25, -0.2) is 0 Å². The molecule has 2 aliphatic rings. The minimum absolute atomic E-state index is 0.0428. The Morgan fingerprint density at radius 2 is 1.90 bits per heavy atom. The zero-order valence-corrected chi connectivity index (χ0v) is 17.9. The molecule has 0 radical (unpaired) electrons. The van der Waals surface area contributed by atoms with Crippen molar-refractivity contribution in [1.29, 1.82) is 0 Å². The molecule has 0 spiro atoms. The van der Waals surface area contributed by atoms with Crippen LogP contribution in [0.5, 0.6) is 0 Å². The first kappa shape index (κ1) is 19.9. The van der Waals surface area contributed by atoms with Gasteiger partial charge in [0.2, 0.25) is 5.91 Å². The van der Waals surface area contributed by atoms with Crippen LogP contribution in [-0.2, 0) is 35.3 Å². The van der Waals surface area contributed by atoms with Crippen LogP contribution >= 0.6 is 0 Å². The van der Waals surface area contributed by atoms with Gasteiger partial charge in [0.25, 0.3) is 0 Å². The third kappa shape index (κ3) is 3.42. The number of pyridine rings is 1. The lowest BCUT2D eigenvalue weighted by atomic mass is 9.81. The van der Waals surface area contributed by atoms with Crippen LogP contribution in [0.3, 0.4) is 0 Å². The highest BCUT2D eigenvalue weighted by molar-refractivity contribution is 5.84. The fourth-order valence-electron chi connectivity index (χ4n) is 5.67. The second-order valence-electron chi connectivity index (χ2n) is 8.92. The van der Waals surface area contributed by atoms with Crippen LogP contribution in [0.1, 0.15) is 53.1 Å². The quantitative estimate of drug-likeness (QED) is 0.699. The second kappa shape index (κ2) is 7.88. The molecule has 1 aromatic carbocycles. The molecule has 31 heavy (non-hydrogen) atoms. The van der Waals surface area contributed by atoms with E-state index < -0.39 is 5.97 Å². The van der Waals surface area contributed by atoms with E-state index in [-0.39, 0.29) is 24.3 Å². The molecule has 1 amide bonds. The summed E-state index contributed by atoms with van der Waals surface area (Å²) < 4.78 is 2.13. The lowest BCUT2D eigenvalue weighted by Crippen LogP contribution is -2.43. The van der Waals surface area contributed by atoms with E-state index in [0.717, 1.165) is 60.9 Å². The smallest absolute Gasteiger partial charge is 0.307 e. The molecule has 0 saturated carbocycles. The molecule has 5 nitrogen and oxygen atoms in total. The Bertz CT molecular complexity index is 1160. The number of hydrogen-bond acceptors (Lipinski definition) is 2. The molecule has 2 aliphatic carbocycles. The number of rotatable bonds is 4. The van der Waals surface area contributed by atoms with Crippen molar-refractivity contribution in [2.24, 2.45) is 0 Å². The van der Waals surface area contributed by atoms with E-state index in [9.17, 15) is 14.7 Å². The molecule has 0 saturated heterocycles. The predicted octanol–water partition coefficient (Wildman–Crippen LogP) is 4.00. The van der Waals surface area contributed by atoms with E-state index in [2.05, 4.69) is 22.6 Å².